The summed E-state index contributed by atoms with van der Waals surface area (Å²) in [6, 6.07) is 0.0303. The monoisotopic (exact) mass is 287 g/mol. The van der Waals surface area contributed by atoms with Gasteiger partial charge in [-0.2, -0.15) is 5.10 Å². The molecule has 0 bridgehead atoms. The van der Waals surface area contributed by atoms with Crippen LogP contribution in [-0.2, 0) is 9.53 Å². The number of rotatable bonds is 5. The van der Waals surface area contributed by atoms with Gasteiger partial charge in [0.15, 0.2) is 0 Å². The van der Waals surface area contributed by atoms with Gasteiger partial charge in [-0.15, -0.1) is 0 Å². The first-order valence-electron chi connectivity index (χ1n) is 6.25. The van der Waals surface area contributed by atoms with E-state index in [0.29, 0.717) is 11.4 Å². The number of nitrogens with one attached hydrogen (secondary N) is 1. The van der Waals surface area contributed by atoms with Crippen LogP contribution >= 0.6 is 11.6 Å². The fraction of sp³-hybridized carbons (Fsp3) is 0.692. The van der Waals surface area contributed by atoms with Gasteiger partial charge in [-0.1, -0.05) is 11.6 Å². The third kappa shape index (κ3) is 3.09. The predicted molar refractivity (Wildman–Crippen MR) is 75.5 cm³/mol. The first kappa shape index (κ1) is 16.0. The second-order valence-corrected chi connectivity index (χ2v) is 5.43. The van der Waals surface area contributed by atoms with E-state index in [-0.39, 0.29) is 12.0 Å². The highest BCUT2D eigenvalue weighted by Gasteiger charge is 2.35. The zero-order chi connectivity index (χ0) is 14.8. The van der Waals surface area contributed by atoms with Crippen molar-refractivity contribution in [3.05, 3.63) is 16.4 Å². The molecular formula is C13H22ClN3O2. The minimum Gasteiger partial charge on any atom is -0.468 e. The van der Waals surface area contributed by atoms with Crippen molar-refractivity contribution in [1.82, 2.24) is 15.1 Å². The summed E-state index contributed by atoms with van der Waals surface area (Å²) in [5.74, 6) is -0.283. The Labute approximate surface area is 119 Å². The lowest BCUT2D eigenvalue weighted by molar-refractivity contribution is -0.148. The topological polar surface area (TPSA) is 56.2 Å². The molecule has 2 atom stereocenters. The second-order valence-electron chi connectivity index (χ2n) is 5.06. The van der Waals surface area contributed by atoms with Crippen molar-refractivity contribution in [2.45, 2.75) is 45.7 Å². The van der Waals surface area contributed by atoms with Crippen molar-refractivity contribution in [3.63, 3.8) is 0 Å². The van der Waals surface area contributed by atoms with Crippen molar-refractivity contribution in [2.24, 2.45) is 0 Å². The lowest BCUT2D eigenvalue weighted by Gasteiger charge is -2.29. The number of likely N-dealkylation sites (N-methyl/N-ethyl adjacent to an activating group) is 1. The maximum Gasteiger partial charge on any atom is 0.325 e. The van der Waals surface area contributed by atoms with Gasteiger partial charge < -0.3 is 10.1 Å². The Morgan fingerprint density at radius 3 is 2.53 bits per heavy atom. The summed E-state index contributed by atoms with van der Waals surface area (Å²) >= 11 is 6.15. The average molecular weight is 288 g/mol. The van der Waals surface area contributed by atoms with Gasteiger partial charge in [0.2, 0.25) is 0 Å². The number of halogens is 1. The molecule has 0 radical (unpaired) electrons. The molecule has 0 aliphatic carbocycles. The second kappa shape index (κ2) is 5.92. The van der Waals surface area contributed by atoms with Crippen LogP contribution in [0.15, 0.2) is 0 Å². The van der Waals surface area contributed by atoms with Gasteiger partial charge in [0.05, 0.1) is 29.6 Å². The summed E-state index contributed by atoms with van der Waals surface area (Å²) in [6.07, 6.45) is 0.564. The van der Waals surface area contributed by atoms with Gasteiger partial charge in [-0.05, 0) is 41.2 Å². The zero-order valence-electron chi connectivity index (χ0n) is 12.4. The van der Waals surface area contributed by atoms with Gasteiger partial charge in [-0.3, -0.25) is 9.48 Å². The number of carbonyl (C=O) groups excluding carboxylic acids is 1. The van der Waals surface area contributed by atoms with Gasteiger partial charge in [0, 0.05) is 0 Å². The van der Waals surface area contributed by atoms with Crippen molar-refractivity contribution < 1.29 is 9.53 Å². The van der Waals surface area contributed by atoms with Crippen LogP contribution in [-0.4, -0.2) is 35.4 Å². The summed E-state index contributed by atoms with van der Waals surface area (Å²) in [4.78, 5) is 11.8. The van der Waals surface area contributed by atoms with E-state index in [2.05, 4.69) is 10.4 Å². The fourth-order valence-electron chi connectivity index (χ4n) is 2.26. The summed E-state index contributed by atoms with van der Waals surface area (Å²) in [6.45, 7) is 7.63. The quantitative estimate of drug-likeness (QED) is 0.844. The Morgan fingerprint density at radius 2 is 2.16 bits per heavy atom. The van der Waals surface area contributed by atoms with Gasteiger partial charge in [0.25, 0.3) is 0 Å². The van der Waals surface area contributed by atoms with Crippen molar-refractivity contribution in [2.75, 3.05) is 14.2 Å². The molecule has 0 fully saturated rings. The van der Waals surface area contributed by atoms with E-state index in [1.165, 1.54) is 7.11 Å². The van der Waals surface area contributed by atoms with Gasteiger partial charge in [0.1, 0.15) is 5.54 Å². The van der Waals surface area contributed by atoms with Crippen LogP contribution in [0, 0.1) is 13.8 Å². The maximum absolute atomic E-state index is 11.8. The molecule has 0 aliphatic rings. The van der Waals surface area contributed by atoms with Crippen LogP contribution in [0.4, 0.5) is 0 Å². The van der Waals surface area contributed by atoms with Crippen molar-refractivity contribution in [3.8, 4) is 0 Å². The molecule has 5 nitrogen and oxygen atoms in total. The molecule has 0 aromatic carbocycles. The Kier molecular flexibility index (Phi) is 4.98. The first-order chi connectivity index (χ1) is 8.76. The highest BCUT2D eigenvalue weighted by atomic mass is 35.5. The minimum atomic E-state index is -0.743. The average Bonchev–Trinajstić information content (AvgIpc) is 2.65. The van der Waals surface area contributed by atoms with Crippen LogP contribution < -0.4 is 5.32 Å². The Hall–Kier alpha value is -1.07. The number of esters is 1. The Balaban J connectivity index is 2.98. The molecule has 0 aliphatic heterocycles. The van der Waals surface area contributed by atoms with Crippen LogP contribution in [0.1, 0.15) is 37.7 Å². The number of methoxy groups -OCH3 is 1. The number of aryl methyl sites for hydroxylation is 1. The van der Waals surface area contributed by atoms with Crippen molar-refractivity contribution >= 4 is 17.6 Å². The molecule has 19 heavy (non-hydrogen) atoms. The van der Waals surface area contributed by atoms with E-state index in [1.54, 1.807) is 7.05 Å². The third-order valence-electron chi connectivity index (χ3n) is 3.55. The highest BCUT2D eigenvalue weighted by molar-refractivity contribution is 6.31. The molecule has 0 spiro atoms. The fourth-order valence-corrected chi connectivity index (χ4v) is 2.39. The van der Waals surface area contributed by atoms with Gasteiger partial charge in [-0.25, -0.2) is 0 Å². The first-order valence-corrected chi connectivity index (χ1v) is 6.63. The smallest absolute Gasteiger partial charge is 0.325 e. The third-order valence-corrected chi connectivity index (χ3v) is 4.09. The van der Waals surface area contributed by atoms with Crippen LogP contribution in [0.2, 0.25) is 5.02 Å². The van der Waals surface area contributed by atoms with Gasteiger partial charge >= 0.3 is 5.97 Å². The molecule has 1 heterocycles. The predicted octanol–water partition coefficient (Wildman–Crippen LogP) is 2.26. The van der Waals surface area contributed by atoms with E-state index in [0.717, 1.165) is 11.4 Å². The van der Waals surface area contributed by atoms with E-state index in [4.69, 9.17) is 16.3 Å². The summed E-state index contributed by atoms with van der Waals surface area (Å²) in [7, 11) is 3.14. The lowest BCUT2D eigenvalue weighted by Crippen LogP contribution is -2.49. The molecule has 1 aromatic heterocycles. The number of hydrogen-bond donors (Lipinski definition) is 1. The number of ether oxygens (including phenoxy) is 1. The summed E-state index contributed by atoms with van der Waals surface area (Å²) in [5.41, 5.74) is 0.970. The van der Waals surface area contributed by atoms with E-state index < -0.39 is 5.54 Å². The number of aromatic nitrogens is 2. The van der Waals surface area contributed by atoms with E-state index in [9.17, 15) is 4.79 Å². The highest BCUT2D eigenvalue weighted by Crippen LogP contribution is 2.27. The standard InChI is InChI=1S/C13H22ClN3O2/c1-8(7-13(4,15-5)12(18)19-6)17-10(3)11(14)9(2)16-17/h8,15H,7H2,1-6H3. The molecule has 1 aromatic rings. The van der Waals surface area contributed by atoms with Crippen LogP contribution in [0.3, 0.4) is 0 Å². The molecular weight excluding hydrogens is 266 g/mol. The molecule has 0 saturated carbocycles. The maximum atomic E-state index is 11.8. The molecule has 108 valence electrons. The van der Waals surface area contributed by atoms with Crippen LogP contribution in [0.5, 0.6) is 0 Å². The molecule has 6 heteroatoms. The minimum absolute atomic E-state index is 0.0303. The zero-order valence-corrected chi connectivity index (χ0v) is 13.1. The Morgan fingerprint density at radius 1 is 1.58 bits per heavy atom. The van der Waals surface area contributed by atoms with Crippen LogP contribution in [0.25, 0.3) is 0 Å². The lowest BCUT2D eigenvalue weighted by atomic mass is 9.94. The molecule has 1 N–H and O–H groups in total. The normalized spacial score (nSPS) is 15.9. The number of hydrogen-bond acceptors (Lipinski definition) is 4. The number of nitrogens with zero attached hydrogens (tertiary/aromatic N) is 2. The number of carbonyl (C=O) groups is 1. The SMILES string of the molecule is CNC(C)(CC(C)n1nc(C)c(Cl)c1C)C(=O)OC. The van der Waals surface area contributed by atoms with E-state index in [1.807, 2.05) is 32.4 Å². The van der Waals surface area contributed by atoms with Crippen molar-refractivity contribution in [1.29, 1.82) is 0 Å². The molecule has 0 amide bonds. The Bertz CT molecular complexity index is 473. The molecule has 2 unspecified atom stereocenters. The molecule has 1 rings (SSSR count). The molecule has 0 saturated heterocycles. The largest absolute Gasteiger partial charge is 0.468 e. The van der Waals surface area contributed by atoms with E-state index >= 15 is 0 Å². The summed E-state index contributed by atoms with van der Waals surface area (Å²) in [5, 5.41) is 8.12. The summed E-state index contributed by atoms with van der Waals surface area (Å²) < 4.78 is 6.70.